The van der Waals surface area contributed by atoms with Gasteiger partial charge in [0.1, 0.15) is 0 Å². The average molecular weight is 186 g/mol. The monoisotopic (exact) mass is 186 g/mol. The van der Waals surface area contributed by atoms with Crippen LogP contribution in [0.15, 0.2) is 0 Å². The van der Waals surface area contributed by atoms with E-state index in [1.54, 1.807) is 0 Å². The van der Waals surface area contributed by atoms with Crippen molar-refractivity contribution in [2.45, 2.75) is 52.5 Å². The summed E-state index contributed by atoms with van der Waals surface area (Å²) in [6.07, 6.45) is 3.34. The molecule has 0 aromatic rings. The molecule has 0 aliphatic heterocycles. The molecule has 0 aliphatic carbocycles. The van der Waals surface area contributed by atoms with Crippen LogP contribution >= 0.6 is 0 Å². The summed E-state index contributed by atoms with van der Waals surface area (Å²) in [5, 5.41) is 3.45. The zero-order chi connectivity index (χ0) is 10.3. The third-order valence-corrected chi connectivity index (χ3v) is 3.08. The first-order valence-corrected chi connectivity index (χ1v) is 5.57. The molecular weight excluding hydrogens is 160 g/mol. The summed E-state index contributed by atoms with van der Waals surface area (Å²) in [6, 6.07) is 0. The molecule has 0 heterocycles. The van der Waals surface area contributed by atoms with E-state index in [4.69, 9.17) is 5.73 Å². The van der Waals surface area contributed by atoms with Gasteiger partial charge in [0.05, 0.1) is 0 Å². The second kappa shape index (κ2) is 6.39. The van der Waals surface area contributed by atoms with Gasteiger partial charge in [0.2, 0.25) is 0 Å². The summed E-state index contributed by atoms with van der Waals surface area (Å²) in [5.74, 6) is 0.762. The van der Waals surface area contributed by atoms with E-state index in [0.717, 1.165) is 31.8 Å². The Bertz CT molecular complexity index is 119. The minimum Gasteiger partial charge on any atom is -0.324 e. The van der Waals surface area contributed by atoms with E-state index < -0.39 is 0 Å². The van der Waals surface area contributed by atoms with Crippen LogP contribution in [0.4, 0.5) is 0 Å². The molecule has 2 nitrogen and oxygen atoms in total. The number of rotatable bonds is 7. The fraction of sp³-hybridized carbons (Fsp3) is 1.00. The lowest BCUT2D eigenvalue weighted by Gasteiger charge is -2.27. The van der Waals surface area contributed by atoms with Gasteiger partial charge in [-0.2, -0.15) is 0 Å². The molecule has 0 spiro atoms. The second-order valence-corrected chi connectivity index (χ2v) is 4.21. The van der Waals surface area contributed by atoms with E-state index in [1.807, 2.05) is 0 Å². The number of hydrogen-bond donors (Lipinski definition) is 2. The van der Waals surface area contributed by atoms with Gasteiger partial charge in [-0.15, -0.1) is 0 Å². The van der Waals surface area contributed by atoms with Gasteiger partial charge in [-0.1, -0.05) is 34.1 Å². The summed E-state index contributed by atoms with van der Waals surface area (Å²) in [4.78, 5) is 0. The van der Waals surface area contributed by atoms with Crippen LogP contribution in [0, 0.1) is 5.92 Å². The van der Waals surface area contributed by atoms with Gasteiger partial charge in [0, 0.05) is 12.1 Å². The summed E-state index contributed by atoms with van der Waals surface area (Å²) in [6.45, 7) is 10.9. The van der Waals surface area contributed by atoms with Crippen molar-refractivity contribution in [2.75, 3.05) is 13.1 Å². The Morgan fingerprint density at radius 3 is 2.15 bits per heavy atom. The highest BCUT2D eigenvalue weighted by molar-refractivity contribution is 4.83. The fourth-order valence-corrected chi connectivity index (χ4v) is 1.21. The van der Waals surface area contributed by atoms with Crippen molar-refractivity contribution in [3.05, 3.63) is 0 Å². The van der Waals surface area contributed by atoms with Crippen molar-refractivity contribution in [3.63, 3.8) is 0 Å². The number of nitrogens with one attached hydrogen (secondary N) is 1. The topological polar surface area (TPSA) is 38.0 Å². The van der Waals surface area contributed by atoms with Gasteiger partial charge in [0.15, 0.2) is 0 Å². The highest BCUT2D eigenvalue weighted by atomic mass is 14.9. The van der Waals surface area contributed by atoms with Gasteiger partial charge in [-0.25, -0.2) is 0 Å². The minimum absolute atomic E-state index is 0.00740. The molecule has 0 bridgehead atoms. The van der Waals surface area contributed by atoms with Crippen molar-refractivity contribution in [1.82, 2.24) is 5.32 Å². The second-order valence-electron chi connectivity index (χ2n) is 4.21. The first-order chi connectivity index (χ1) is 6.08. The van der Waals surface area contributed by atoms with E-state index in [1.165, 1.54) is 6.42 Å². The van der Waals surface area contributed by atoms with Gasteiger partial charge in [0.25, 0.3) is 0 Å². The molecule has 80 valence electrons. The zero-order valence-corrected chi connectivity index (χ0v) is 9.69. The third kappa shape index (κ3) is 5.27. The van der Waals surface area contributed by atoms with Crippen LogP contribution in [0.25, 0.3) is 0 Å². The molecule has 3 N–H and O–H groups in total. The summed E-state index contributed by atoms with van der Waals surface area (Å²) in [5.41, 5.74) is 6.17. The molecule has 13 heavy (non-hydrogen) atoms. The summed E-state index contributed by atoms with van der Waals surface area (Å²) < 4.78 is 0. The highest BCUT2D eigenvalue weighted by Crippen LogP contribution is 2.09. The highest BCUT2D eigenvalue weighted by Gasteiger charge is 2.19. The van der Waals surface area contributed by atoms with Crippen LogP contribution in [0.2, 0.25) is 0 Å². The van der Waals surface area contributed by atoms with Crippen LogP contribution in [0.5, 0.6) is 0 Å². The maximum Gasteiger partial charge on any atom is 0.0275 e. The molecule has 0 aliphatic rings. The van der Waals surface area contributed by atoms with Crippen LogP contribution in [-0.2, 0) is 0 Å². The molecule has 0 fully saturated rings. The number of hydrogen-bond acceptors (Lipinski definition) is 2. The van der Waals surface area contributed by atoms with E-state index in [0.29, 0.717) is 0 Å². The van der Waals surface area contributed by atoms with Crippen molar-refractivity contribution >= 4 is 0 Å². The van der Waals surface area contributed by atoms with Gasteiger partial charge in [-0.05, 0) is 25.3 Å². The molecule has 0 aromatic carbocycles. The van der Waals surface area contributed by atoms with Gasteiger partial charge in [-0.3, -0.25) is 0 Å². The Morgan fingerprint density at radius 2 is 1.77 bits per heavy atom. The predicted octanol–water partition coefficient (Wildman–Crippen LogP) is 2.14. The average Bonchev–Trinajstić information content (AvgIpc) is 2.17. The van der Waals surface area contributed by atoms with E-state index >= 15 is 0 Å². The lowest BCUT2D eigenvalue weighted by Crippen LogP contribution is -2.48. The molecule has 0 saturated carbocycles. The molecule has 0 saturated heterocycles. The number of nitrogens with two attached hydrogens (primary N) is 1. The van der Waals surface area contributed by atoms with Crippen molar-refractivity contribution in [1.29, 1.82) is 0 Å². The van der Waals surface area contributed by atoms with Crippen LogP contribution in [0.1, 0.15) is 47.0 Å². The molecule has 0 amide bonds. The maximum atomic E-state index is 6.16. The smallest absolute Gasteiger partial charge is 0.0275 e. The fourth-order valence-electron chi connectivity index (χ4n) is 1.21. The molecule has 2 heteroatoms. The molecular formula is C11H26N2. The summed E-state index contributed by atoms with van der Waals surface area (Å²) >= 11 is 0. The molecule has 0 rings (SSSR count). The largest absolute Gasteiger partial charge is 0.324 e. The van der Waals surface area contributed by atoms with Crippen molar-refractivity contribution in [2.24, 2.45) is 11.7 Å². The first-order valence-electron chi connectivity index (χ1n) is 5.57. The summed E-state index contributed by atoms with van der Waals surface area (Å²) in [7, 11) is 0. The van der Waals surface area contributed by atoms with Gasteiger partial charge >= 0.3 is 0 Å². The third-order valence-electron chi connectivity index (χ3n) is 3.08. The van der Waals surface area contributed by atoms with Crippen LogP contribution in [-0.4, -0.2) is 18.6 Å². The zero-order valence-electron chi connectivity index (χ0n) is 9.69. The van der Waals surface area contributed by atoms with E-state index in [-0.39, 0.29) is 5.54 Å². The standard InChI is InChI=1S/C11H26N2/c1-5-10(4)8-13-9-11(12,6-2)7-3/h10,13H,5-9,12H2,1-4H3. The predicted molar refractivity (Wildman–Crippen MR) is 59.8 cm³/mol. The maximum absolute atomic E-state index is 6.16. The molecule has 1 atom stereocenters. The normalized spacial score (nSPS) is 14.5. The quantitative estimate of drug-likeness (QED) is 0.639. The van der Waals surface area contributed by atoms with Crippen molar-refractivity contribution in [3.8, 4) is 0 Å². The van der Waals surface area contributed by atoms with Crippen molar-refractivity contribution < 1.29 is 0 Å². The molecule has 1 unspecified atom stereocenters. The Labute approximate surface area is 83.3 Å². The van der Waals surface area contributed by atoms with E-state index in [2.05, 4.69) is 33.0 Å². The Balaban J connectivity index is 3.61. The Kier molecular flexibility index (Phi) is 6.35. The van der Waals surface area contributed by atoms with Gasteiger partial charge < -0.3 is 11.1 Å². The lowest BCUT2D eigenvalue weighted by molar-refractivity contribution is 0.355. The minimum atomic E-state index is 0.00740. The molecule has 0 radical (unpaired) electrons. The van der Waals surface area contributed by atoms with Crippen LogP contribution in [0.3, 0.4) is 0 Å². The molecule has 0 aromatic heterocycles. The SMILES string of the molecule is CCC(C)CNCC(N)(CC)CC. The Hall–Kier alpha value is -0.0800. The first kappa shape index (κ1) is 12.9. The van der Waals surface area contributed by atoms with E-state index in [9.17, 15) is 0 Å². The Morgan fingerprint density at radius 1 is 1.23 bits per heavy atom. The van der Waals surface area contributed by atoms with Crippen LogP contribution < -0.4 is 11.1 Å². The lowest BCUT2D eigenvalue weighted by atomic mass is 9.94.